The Labute approximate surface area is 542 Å². The number of carbonyl (C=O) groups is 2. The summed E-state index contributed by atoms with van der Waals surface area (Å²) in [6.07, 6.45) is 90.7. The molecule has 10 heteroatoms. The van der Waals surface area contributed by atoms with E-state index in [9.17, 15) is 19.0 Å². The molecule has 0 aliphatic heterocycles. The normalized spacial score (nSPS) is 12.8. The van der Waals surface area contributed by atoms with Crippen molar-refractivity contribution in [1.29, 1.82) is 0 Å². The van der Waals surface area contributed by atoms with Crippen LogP contribution in [0.15, 0.2) is 12.2 Å². The molecule has 0 fully saturated rings. The van der Waals surface area contributed by atoms with Gasteiger partial charge in [-0.25, -0.2) is 4.57 Å². The topological polar surface area (TPSA) is 134 Å². The molecular weight excluding hydrogens is 1100 g/mol. The van der Waals surface area contributed by atoms with Gasteiger partial charge in [0.25, 0.3) is 0 Å². The van der Waals surface area contributed by atoms with Gasteiger partial charge in [0.1, 0.15) is 6.61 Å². The molecule has 0 aliphatic carbocycles. The van der Waals surface area contributed by atoms with Gasteiger partial charge < -0.3 is 20.1 Å². The zero-order chi connectivity index (χ0) is 63.0. The lowest BCUT2D eigenvalue weighted by molar-refractivity contribution is -0.161. The van der Waals surface area contributed by atoms with Crippen LogP contribution in [0.5, 0.6) is 0 Å². The van der Waals surface area contributed by atoms with Crippen LogP contribution in [0.25, 0.3) is 0 Å². The molecule has 518 valence electrons. The molecule has 0 rings (SSSR count). The Morgan fingerprint density at radius 2 is 0.563 bits per heavy atom. The molecule has 0 spiro atoms. The zero-order valence-corrected chi connectivity index (χ0v) is 59.5. The monoisotopic (exact) mass is 1250 g/mol. The summed E-state index contributed by atoms with van der Waals surface area (Å²) in [6.45, 7) is 3.84. The van der Waals surface area contributed by atoms with Crippen molar-refractivity contribution in [3.8, 4) is 0 Å². The van der Waals surface area contributed by atoms with Gasteiger partial charge >= 0.3 is 19.8 Å². The van der Waals surface area contributed by atoms with Gasteiger partial charge in [-0.1, -0.05) is 398 Å². The van der Waals surface area contributed by atoms with Crippen LogP contribution in [0, 0.1) is 0 Å². The second-order valence-electron chi connectivity index (χ2n) is 26.9. The van der Waals surface area contributed by atoms with Crippen LogP contribution in [-0.2, 0) is 32.7 Å². The van der Waals surface area contributed by atoms with E-state index in [0.717, 1.165) is 32.1 Å². The highest BCUT2D eigenvalue weighted by atomic mass is 31.2. The lowest BCUT2D eigenvalue weighted by atomic mass is 10.0. The van der Waals surface area contributed by atoms with E-state index in [-0.39, 0.29) is 38.6 Å². The molecule has 0 aliphatic rings. The van der Waals surface area contributed by atoms with Crippen LogP contribution in [0.3, 0.4) is 0 Å². The lowest BCUT2D eigenvalue weighted by Gasteiger charge is -2.19. The van der Waals surface area contributed by atoms with E-state index in [4.69, 9.17) is 24.3 Å². The van der Waals surface area contributed by atoms with Crippen molar-refractivity contribution in [3.05, 3.63) is 12.2 Å². The van der Waals surface area contributed by atoms with Gasteiger partial charge in [-0.3, -0.25) is 18.6 Å². The lowest BCUT2D eigenvalue weighted by Crippen LogP contribution is -2.29. The van der Waals surface area contributed by atoms with Crippen molar-refractivity contribution < 1.29 is 37.6 Å². The summed E-state index contributed by atoms with van der Waals surface area (Å²) in [4.78, 5) is 35.4. The van der Waals surface area contributed by atoms with E-state index in [1.165, 1.54) is 372 Å². The molecule has 0 heterocycles. The highest BCUT2D eigenvalue weighted by Gasteiger charge is 2.26. The summed E-state index contributed by atoms with van der Waals surface area (Å²) in [5.74, 6) is -0.799. The first kappa shape index (κ1) is 85.8. The van der Waals surface area contributed by atoms with Crippen molar-refractivity contribution in [2.75, 3.05) is 26.4 Å². The number of esters is 2. The summed E-state index contributed by atoms with van der Waals surface area (Å²) in [5, 5.41) is 0. The second-order valence-corrected chi connectivity index (χ2v) is 28.4. The fraction of sp³-hybridized carbons (Fsp3) is 0.948. The third-order valence-corrected chi connectivity index (χ3v) is 19.1. The quantitative estimate of drug-likeness (QED) is 0.0264. The molecular formula is C77H152NO8P. The van der Waals surface area contributed by atoms with Gasteiger partial charge in [-0.15, -0.1) is 0 Å². The fourth-order valence-electron chi connectivity index (χ4n) is 12.3. The van der Waals surface area contributed by atoms with Crippen LogP contribution in [-0.4, -0.2) is 49.3 Å². The molecule has 0 bridgehead atoms. The zero-order valence-electron chi connectivity index (χ0n) is 58.6. The molecule has 0 amide bonds. The molecule has 87 heavy (non-hydrogen) atoms. The third-order valence-electron chi connectivity index (χ3n) is 18.2. The summed E-state index contributed by atoms with van der Waals surface area (Å²) in [5.41, 5.74) is 5.41. The molecule has 0 saturated carbocycles. The minimum Gasteiger partial charge on any atom is -0.462 e. The van der Waals surface area contributed by atoms with Gasteiger partial charge in [0.2, 0.25) is 0 Å². The maximum atomic E-state index is 12.8. The smallest absolute Gasteiger partial charge is 0.462 e. The Morgan fingerprint density at radius 1 is 0.333 bits per heavy atom. The van der Waals surface area contributed by atoms with Gasteiger partial charge in [0, 0.05) is 19.4 Å². The number of unbranched alkanes of at least 4 members (excludes halogenated alkanes) is 61. The Balaban J connectivity index is 3.72. The fourth-order valence-corrected chi connectivity index (χ4v) is 13.1. The van der Waals surface area contributed by atoms with Gasteiger partial charge in [-0.2, -0.15) is 0 Å². The van der Waals surface area contributed by atoms with Crippen molar-refractivity contribution in [1.82, 2.24) is 0 Å². The second kappa shape index (κ2) is 73.8. The molecule has 2 atom stereocenters. The summed E-state index contributed by atoms with van der Waals surface area (Å²) < 4.78 is 33.2. The molecule has 0 aromatic carbocycles. The van der Waals surface area contributed by atoms with E-state index in [1.807, 2.05) is 0 Å². The highest BCUT2D eigenvalue weighted by molar-refractivity contribution is 7.47. The summed E-state index contributed by atoms with van der Waals surface area (Å²) >= 11 is 0. The maximum Gasteiger partial charge on any atom is 0.472 e. The number of phosphoric acid groups is 1. The number of hydrogen-bond donors (Lipinski definition) is 2. The van der Waals surface area contributed by atoms with E-state index in [2.05, 4.69) is 26.0 Å². The Hall–Kier alpha value is -1.25. The molecule has 9 nitrogen and oxygen atoms in total. The predicted octanol–water partition coefficient (Wildman–Crippen LogP) is 25.9. The highest BCUT2D eigenvalue weighted by Crippen LogP contribution is 2.43. The molecule has 3 N–H and O–H groups in total. The molecule has 0 aromatic rings. The standard InChI is InChI=1S/C77H152NO8P/c1-3-5-7-9-11-13-15-17-19-21-23-25-27-29-31-32-33-34-35-36-37-38-39-40-41-42-44-45-47-49-51-53-55-57-59-61-63-65-67-69-76(79)83-73-75(74-85-87(81,82)84-72-71-78)86-77(80)70-68-66-64-62-60-58-56-54-52-50-48-46-43-30-28-26-24-22-20-18-16-14-12-10-8-6-4-2/h22,24,75H,3-21,23,25-74,78H2,1-2H3,(H,81,82)/b24-22-. The number of rotatable bonds is 76. The van der Waals surface area contributed by atoms with E-state index in [0.29, 0.717) is 6.42 Å². The third kappa shape index (κ3) is 73.7. The number of carbonyl (C=O) groups excluding carboxylic acids is 2. The maximum absolute atomic E-state index is 12.8. The Kier molecular flexibility index (Phi) is 72.7. The summed E-state index contributed by atoms with van der Waals surface area (Å²) in [6, 6.07) is 0. The van der Waals surface area contributed by atoms with Crippen LogP contribution in [0.1, 0.15) is 438 Å². The van der Waals surface area contributed by atoms with Crippen molar-refractivity contribution in [3.63, 3.8) is 0 Å². The van der Waals surface area contributed by atoms with E-state index in [1.54, 1.807) is 0 Å². The minimum atomic E-state index is -4.39. The molecule has 2 unspecified atom stereocenters. The Morgan fingerprint density at radius 3 is 0.816 bits per heavy atom. The van der Waals surface area contributed by atoms with E-state index >= 15 is 0 Å². The first-order valence-electron chi connectivity index (χ1n) is 39.2. The average molecular weight is 1250 g/mol. The number of hydrogen-bond acceptors (Lipinski definition) is 8. The number of phosphoric ester groups is 1. The first-order chi connectivity index (χ1) is 42.8. The van der Waals surface area contributed by atoms with Crippen molar-refractivity contribution in [2.24, 2.45) is 5.73 Å². The van der Waals surface area contributed by atoms with Crippen LogP contribution in [0.4, 0.5) is 0 Å². The van der Waals surface area contributed by atoms with Gasteiger partial charge in [0.15, 0.2) is 6.10 Å². The van der Waals surface area contributed by atoms with Crippen LogP contribution < -0.4 is 5.73 Å². The molecule has 0 saturated heterocycles. The van der Waals surface area contributed by atoms with Gasteiger partial charge in [-0.05, 0) is 38.5 Å². The van der Waals surface area contributed by atoms with Crippen LogP contribution >= 0.6 is 7.82 Å². The summed E-state index contributed by atoms with van der Waals surface area (Å²) in [7, 11) is -4.39. The number of allylic oxidation sites excluding steroid dienone is 2. The van der Waals surface area contributed by atoms with E-state index < -0.39 is 26.5 Å². The first-order valence-corrected chi connectivity index (χ1v) is 40.7. The van der Waals surface area contributed by atoms with Gasteiger partial charge in [0.05, 0.1) is 13.2 Å². The van der Waals surface area contributed by atoms with Crippen LogP contribution in [0.2, 0.25) is 0 Å². The minimum absolute atomic E-state index is 0.0576. The SMILES string of the molecule is CCCCCCCCCC/C=C\CCCCCCCCCCCCCCCCCC(=O)OC(COC(=O)CCCCCCCCCCCCCCCCCCCCCCCCCCCCCCCCCCCCCCCCC)COP(=O)(O)OCCN. The van der Waals surface area contributed by atoms with Crippen molar-refractivity contribution >= 4 is 19.8 Å². The number of ether oxygens (including phenoxy) is 2. The largest absolute Gasteiger partial charge is 0.472 e. The number of nitrogens with two attached hydrogens (primary N) is 1. The molecule has 0 radical (unpaired) electrons. The Bertz CT molecular complexity index is 1430. The molecule has 0 aromatic heterocycles. The predicted molar refractivity (Wildman–Crippen MR) is 377 cm³/mol. The average Bonchev–Trinajstić information content (AvgIpc) is 3.62. The van der Waals surface area contributed by atoms with Crippen molar-refractivity contribution in [2.45, 2.75) is 444 Å².